The lowest BCUT2D eigenvalue weighted by molar-refractivity contribution is 0.0963. The normalized spacial score (nSPS) is 10.2. The molecule has 110 valence electrons. The molecule has 0 saturated carbocycles. The summed E-state index contributed by atoms with van der Waals surface area (Å²) >= 11 is 1.73. The maximum Gasteiger partial charge on any atom is 0.251 e. The second-order valence-electron chi connectivity index (χ2n) is 4.44. The quantitative estimate of drug-likeness (QED) is 0.826. The molecule has 0 saturated heterocycles. The first-order valence-electron chi connectivity index (χ1n) is 6.90. The van der Waals surface area contributed by atoms with Crippen molar-refractivity contribution >= 4 is 17.7 Å². The van der Waals surface area contributed by atoms with Gasteiger partial charge in [-0.05, 0) is 37.3 Å². The van der Waals surface area contributed by atoms with Gasteiger partial charge in [0.05, 0.1) is 6.61 Å². The molecule has 1 amide bonds. The van der Waals surface area contributed by atoms with Gasteiger partial charge in [0.25, 0.3) is 5.91 Å². The monoisotopic (exact) mass is 301 g/mol. The van der Waals surface area contributed by atoms with E-state index in [0.29, 0.717) is 12.2 Å². The number of nitrogens with one attached hydrogen (secondary N) is 1. The molecule has 0 bridgehead atoms. The van der Waals surface area contributed by atoms with Crippen LogP contribution in [0, 0.1) is 0 Å². The molecule has 0 aliphatic carbocycles. The molecular weight excluding hydrogens is 282 g/mol. The smallest absolute Gasteiger partial charge is 0.251 e. The predicted molar refractivity (Wildman–Crippen MR) is 87.0 cm³/mol. The first kappa shape index (κ1) is 15.4. The van der Waals surface area contributed by atoms with Crippen molar-refractivity contribution in [3.8, 4) is 5.75 Å². The summed E-state index contributed by atoms with van der Waals surface area (Å²) in [6, 6.07) is 15.8. The average molecular weight is 301 g/mol. The molecule has 2 aromatic rings. The lowest BCUT2D eigenvalue weighted by Gasteiger charge is -2.12. The SMILES string of the molecule is CCOc1ccc(C(=O)NC)cc1CSc1ccccc1. The van der Waals surface area contributed by atoms with E-state index in [1.165, 1.54) is 4.90 Å². The molecule has 0 fully saturated rings. The van der Waals surface area contributed by atoms with E-state index < -0.39 is 0 Å². The number of carbonyl (C=O) groups is 1. The minimum absolute atomic E-state index is 0.0796. The van der Waals surface area contributed by atoms with Crippen molar-refractivity contribution < 1.29 is 9.53 Å². The molecule has 0 spiro atoms. The highest BCUT2D eigenvalue weighted by Gasteiger charge is 2.10. The highest BCUT2D eigenvalue weighted by molar-refractivity contribution is 7.98. The number of thioether (sulfide) groups is 1. The lowest BCUT2D eigenvalue weighted by Crippen LogP contribution is -2.18. The number of amides is 1. The van der Waals surface area contributed by atoms with Crippen molar-refractivity contribution in [1.82, 2.24) is 5.32 Å². The zero-order valence-electron chi connectivity index (χ0n) is 12.3. The van der Waals surface area contributed by atoms with E-state index in [0.717, 1.165) is 17.1 Å². The molecule has 0 radical (unpaired) electrons. The molecule has 0 atom stereocenters. The number of rotatable bonds is 6. The third-order valence-electron chi connectivity index (χ3n) is 2.99. The van der Waals surface area contributed by atoms with Crippen molar-refractivity contribution in [1.29, 1.82) is 0 Å². The fourth-order valence-electron chi connectivity index (χ4n) is 1.95. The minimum atomic E-state index is -0.0796. The van der Waals surface area contributed by atoms with Gasteiger partial charge in [0.2, 0.25) is 0 Å². The number of benzene rings is 2. The van der Waals surface area contributed by atoms with Crippen LogP contribution in [0.1, 0.15) is 22.8 Å². The largest absolute Gasteiger partial charge is 0.494 e. The molecule has 0 aliphatic rings. The summed E-state index contributed by atoms with van der Waals surface area (Å²) in [7, 11) is 1.64. The van der Waals surface area contributed by atoms with Crippen LogP contribution in [0.25, 0.3) is 0 Å². The molecule has 0 aromatic heterocycles. The Balaban J connectivity index is 2.19. The molecule has 0 aliphatic heterocycles. The van der Waals surface area contributed by atoms with Gasteiger partial charge in [-0.2, -0.15) is 0 Å². The van der Waals surface area contributed by atoms with Crippen molar-refractivity contribution in [3.05, 3.63) is 59.7 Å². The molecule has 21 heavy (non-hydrogen) atoms. The van der Waals surface area contributed by atoms with Gasteiger partial charge in [0.15, 0.2) is 0 Å². The molecule has 0 heterocycles. The standard InChI is InChI=1S/C17H19NO2S/c1-3-20-16-10-9-13(17(19)18-2)11-14(16)12-21-15-7-5-4-6-8-15/h4-11H,3,12H2,1-2H3,(H,18,19). The van der Waals surface area contributed by atoms with Gasteiger partial charge >= 0.3 is 0 Å². The Bertz CT molecular complexity index is 599. The lowest BCUT2D eigenvalue weighted by atomic mass is 10.1. The van der Waals surface area contributed by atoms with Crippen LogP contribution < -0.4 is 10.1 Å². The molecule has 0 unspecified atom stereocenters. The molecular formula is C17H19NO2S. The Kier molecular flexibility index (Phi) is 5.69. The van der Waals surface area contributed by atoms with Crippen molar-refractivity contribution in [2.75, 3.05) is 13.7 Å². The average Bonchev–Trinajstić information content (AvgIpc) is 2.54. The molecule has 3 nitrogen and oxygen atoms in total. The van der Waals surface area contributed by atoms with E-state index >= 15 is 0 Å². The number of ether oxygens (including phenoxy) is 1. The van der Waals surface area contributed by atoms with Crippen LogP contribution in [0.5, 0.6) is 5.75 Å². The Labute approximate surface area is 129 Å². The van der Waals surface area contributed by atoms with E-state index in [2.05, 4.69) is 17.4 Å². The van der Waals surface area contributed by atoms with Gasteiger partial charge < -0.3 is 10.1 Å². The molecule has 2 aromatic carbocycles. The van der Waals surface area contributed by atoms with Gasteiger partial charge in [-0.15, -0.1) is 11.8 Å². The van der Waals surface area contributed by atoms with Crippen molar-refractivity contribution in [2.24, 2.45) is 0 Å². The summed E-state index contributed by atoms with van der Waals surface area (Å²) < 4.78 is 5.65. The van der Waals surface area contributed by atoms with Crippen LogP contribution in [-0.4, -0.2) is 19.6 Å². The number of hydrogen-bond donors (Lipinski definition) is 1. The molecule has 2 rings (SSSR count). The Hall–Kier alpha value is -1.94. The third kappa shape index (κ3) is 4.26. The summed E-state index contributed by atoms with van der Waals surface area (Å²) in [5, 5.41) is 2.65. The predicted octanol–water partition coefficient (Wildman–Crippen LogP) is 3.74. The first-order chi connectivity index (χ1) is 10.2. The van der Waals surface area contributed by atoms with Crippen molar-refractivity contribution in [2.45, 2.75) is 17.6 Å². The van der Waals surface area contributed by atoms with Gasteiger partial charge in [-0.25, -0.2) is 0 Å². The first-order valence-corrected chi connectivity index (χ1v) is 7.88. The van der Waals surface area contributed by atoms with E-state index in [1.807, 2.05) is 37.3 Å². The van der Waals surface area contributed by atoms with E-state index in [4.69, 9.17) is 4.74 Å². The van der Waals surface area contributed by atoms with Crippen LogP contribution in [0.4, 0.5) is 0 Å². The summed E-state index contributed by atoms with van der Waals surface area (Å²) in [5.74, 6) is 1.53. The van der Waals surface area contributed by atoms with Crippen LogP contribution >= 0.6 is 11.8 Å². The minimum Gasteiger partial charge on any atom is -0.494 e. The third-order valence-corrected chi connectivity index (χ3v) is 4.05. The summed E-state index contributed by atoms with van der Waals surface area (Å²) in [6.07, 6.45) is 0. The molecule has 4 heteroatoms. The topological polar surface area (TPSA) is 38.3 Å². The van der Waals surface area contributed by atoms with Gasteiger partial charge in [-0.1, -0.05) is 18.2 Å². The molecule has 1 N–H and O–H groups in total. The zero-order valence-corrected chi connectivity index (χ0v) is 13.1. The number of hydrogen-bond acceptors (Lipinski definition) is 3. The maximum absolute atomic E-state index is 11.8. The van der Waals surface area contributed by atoms with Crippen LogP contribution in [-0.2, 0) is 5.75 Å². The van der Waals surface area contributed by atoms with Gasteiger partial charge in [0.1, 0.15) is 5.75 Å². The summed E-state index contributed by atoms with van der Waals surface area (Å²) in [5.41, 5.74) is 1.69. The second-order valence-corrected chi connectivity index (χ2v) is 5.49. The van der Waals surface area contributed by atoms with E-state index in [-0.39, 0.29) is 5.91 Å². The van der Waals surface area contributed by atoms with Crippen LogP contribution in [0.15, 0.2) is 53.4 Å². The van der Waals surface area contributed by atoms with Gasteiger partial charge in [0, 0.05) is 28.8 Å². The zero-order chi connectivity index (χ0) is 15.1. The van der Waals surface area contributed by atoms with E-state index in [9.17, 15) is 4.79 Å². The highest BCUT2D eigenvalue weighted by atomic mass is 32.2. The van der Waals surface area contributed by atoms with Crippen molar-refractivity contribution in [3.63, 3.8) is 0 Å². The Morgan fingerprint density at radius 1 is 1.19 bits per heavy atom. The highest BCUT2D eigenvalue weighted by Crippen LogP contribution is 2.29. The second kappa shape index (κ2) is 7.74. The van der Waals surface area contributed by atoms with Crippen LogP contribution in [0.2, 0.25) is 0 Å². The Morgan fingerprint density at radius 3 is 2.62 bits per heavy atom. The van der Waals surface area contributed by atoms with Crippen LogP contribution in [0.3, 0.4) is 0 Å². The number of carbonyl (C=O) groups excluding carboxylic acids is 1. The Morgan fingerprint density at radius 2 is 1.95 bits per heavy atom. The van der Waals surface area contributed by atoms with Gasteiger partial charge in [-0.3, -0.25) is 4.79 Å². The fourth-order valence-corrected chi connectivity index (χ4v) is 2.85. The maximum atomic E-state index is 11.8. The summed E-state index contributed by atoms with van der Waals surface area (Å²) in [4.78, 5) is 12.9. The fraction of sp³-hybridized carbons (Fsp3) is 0.235. The summed E-state index contributed by atoms with van der Waals surface area (Å²) in [6.45, 7) is 2.57. The van der Waals surface area contributed by atoms with E-state index in [1.54, 1.807) is 24.9 Å².